The molecule has 0 radical (unpaired) electrons. The molecule has 0 amide bonds. The Morgan fingerprint density at radius 2 is 1.77 bits per heavy atom. The topological polar surface area (TPSA) is 46.2 Å². The molecule has 13 heavy (non-hydrogen) atoms. The van der Waals surface area contributed by atoms with Crippen molar-refractivity contribution >= 4 is 0 Å². The summed E-state index contributed by atoms with van der Waals surface area (Å²) in [6, 6.07) is 0. The van der Waals surface area contributed by atoms with E-state index in [0.717, 1.165) is 31.6 Å². The first-order valence-electron chi connectivity index (χ1n) is 5.30. The molecule has 1 fully saturated rings. The molecule has 1 saturated carbocycles. The van der Waals surface area contributed by atoms with Crippen molar-refractivity contribution in [3.63, 3.8) is 0 Å². The predicted octanol–water partition coefficient (Wildman–Crippen LogP) is 1.91. The van der Waals surface area contributed by atoms with Gasteiger partial charge in [-0.15, -0.1) is 0 Å². The summed E-state index contributed by atoms with van der Waals surface area (Å²) < 4.78 is 0. The van der Waals surface area contributed by atoms with Crippen molar-refractivity contribution in [2.45, 2.75) is 52.1 Å². The minimum absolute atomic E-state index is 0.385. The molecule has 1 rings (SSSR count). The maximum absolute atomic E-state index is 9.94. The quantitative estimate of drug-likeness (QED) is 0.655. The lowest BCUT2D eigenvalue weighted by molar-refractivity contribution is -0.0175. The summed E-state index contributed by atoms with van der Waals surface area (Å²) in [6.45, 7) is 7.27. The van der Waals surface area contributed by atoms with Crippen molar-refractivity contribution < 1.29 is 5.11 Å². The summed E-state index contributed by atoms with van der Waals surface area (Å²) in [5, 5.41) is 9.94. The van der Waals surface area contributed by atoms with Gasteiger partial charge in [-0.05, 0) is 37.0 Å². The van der Waals surface area contributed by atoms with Crippen LogP contribution in [-0.2, 0) is 0 Å². The van der Waals surface area contributed by atoms with E-state index in [1.165, 1.54) is 0 Å². The van der Waals surface area contributed by atoms with Crippen molar-refractivity contribution in [3.8, 4) is 0 Å². The molecule has 0 aromatic carbocycles. The average molecular weight is 185 g/mol. The van der Waals surface area contributed by atoms with Gasteiger partial charge in [0, 0.05) is 6.54 Å². The lowest BCUT2D eigenvalue weighted by atomic mass is 9.68. The lowest BCUT2D eigenvalue weighted by Gasteiger charge is -2.40. The molecule has 0 aromatic heterocycles. The summed E-state index contributed by atoms with van der Waals surface area (Å²) in [5.41, 5.74) is 5.37. The van der Waals surface area contributed by atoms with Crippen molar-refractivity contribution in [2.24, 2.45) is 17.1 Å². The molecule has 0 aromatic rings. The highest BCUT2D eigenvalue weighted by atomic mass is 16.3. The molecular formula is C11H23NO. The van der Waals surface area contributed by atoms with Gasteiger partial charge in [-0.3, -0.25) is 0 Å². The van der Waals surface area contributed by atoms with E-state index in [1.54, 1.807) is 0 Å². The van der Waals surface area contributed by atoms with Crippen LogP contribution in [0.2, 0.25) is 0 Å². The Hall–Kier alpha value is -0.0800. The second-order valence-corrected chi connectivity index (χ2v) is 5.57. The van der Waals surface area contributed by atoms with E-state index in [1.807, 2.05) is 0 Å². The molecule has 2 nitrogen and oxygen atoms in total. The third-order valence-electron chi connectivity index (χ3n) is 3.52. The molecule has 0 aliphatic heterocycles. The molecule has 0 bridgehead atoms. The van der Waals surface area contributed by atoms with Gasteiger partial charge in [-0.1, -0.05) is 20.8 Å². The van der Waals surface area contributed by atoms with Crippen LogP contribution in [0.15, 0.2) is 0 Å². The van der Waals surface area contributed by atoms with Gasteiger partial charge in [-0.2, -0.15) is 0 Å². The van der Waals surface area contributed by atoms with Gasteiger partial charge in [0.2, 0.25) is 0 Å². The highest BCUT2D eigenvalue weighted by Crippen LogP contribution is 2.40. The van der Waals surface area contributed by atoms with Gasteiger partial charge in [-0.25, -0.2) is 0 Å². The van der Waals surface area contributed by atoms with E-state index in [2.05, 4.69) is 20.8 Å². The Kier molecular flexibility index (Phi) is 3.03. The second-order valence-electron chi connectivity index (χ2n) is 5.57. The van der Waals surface area contributed by atoms with E-state index in [0.29, 0.717) is 12.0 Å². The normalized spacial score (nSPS) is 36.2. The van der Waals surface area contributed by atoms with E-state index < -0.39 is 5.60 Å². The van der Waals surface area contributed by atoms with Gasteiger partial charge < -0.3 is 10.8 Å². The Labute approximate surface area is 81.5 Å². The molecule has 0 heterocycles. The Morgan fingerprint density at radius 1 is 1.31 bits per heavy atom. The first kappa shape index (κ1) is 11.0. The molecule has 2 heteroatoms. The zero-order valence-corrected chi connectivity index (χ0v) is 9.14. The molecule has 0 spiro atoms. The smallest absolute Gasteiger partial charge is 0.0769 e. The SMILES string of the molecule is CC(C)(C)C1CCC(O)(CN)CC1. The molecule has 78 valence electrons. The average Bonchev–Trinajstić information content (AvgIpc) is 2.04. The molecule has 0 unspecified atom stereocenters. The third-order valence-corrected chi connectivity index (χ3v) is 3.52. The van der Waals surface area contributed by atoms with E-state index >= 15 is 0 Å². The Morgan fingerprint density at radius 3 is 2.08 bits per heavy atom. The largest absolute Gasteiger partial charge is 0.389 e. The van der Waals surface area contributed by atoms with E-state index in [4.69, 9.17) is 5.73 Å². The molecule has 0 atom stereocenters. The van der Waals surface area contributed by atoms with Crippen LogP contribution in [0.25, 0.3) is 0 Å². The second kappa shape index (κ2) is 3.58. The zero-order chi connectivity index (χ0) is 10.1. The fraction of sp³-hybridized carbons (Fsp3) is 1.00. The summed E-state index contributed by atoms with van der Waals surface area (Å²) in [6.07, 6.45) is 4.01. The van der Waals surface area contributed by atoms with Crippen LogP contribution in [0.5, 0.6) is 0 Å². The van der Waals surface area contributed by atoms with Crippen LogP contribution in [-0.4, -0.2) is 17.3 Å². The van der Waals surface area contributed by atoms with Gasteiger partial charge in [0.15, 0.2) is 0 Å². The zero-order valence-electron chi connectivity index (χ0n) is 9.14. The Balaban J connectivity index is 2.48. The fourth-order valence-electron chi connectivity index (χ4n) is 2.23. The van der Waals surface area contributed by atoms with E-state index in [9.17, 15) is 5.11 Å². The van der Waals surface area contributed by atoms with Crippen LogP contribution >= 0.6 is 0 Å². The van der Waals surface area contributed by atoms with E-state index in [-0.39, 0.29) is 0 Å². The fourth-order valence-corrected chi connectivity index (χ4v) is 2.23. The maximum Gasteiger partial charge on any atom is 0.0769 e. The van der Waals surface area contributed by atoms with Crippen molar-refractivity contribution in [2.75, 3.05) is 6.54 Å². The predicted molar refractivity (Wildman–Crippen MR) is 55.4 cm³/mol. The Bertz CT molecular complexity index is 163. The van der Waals surface area contributed by atoms with Gasteiger partial charge >= 0.3 is 0 Å². The summed E-state index contributed by atoms with van der Waals surface area (Å²) >= 11 is 0. The highest BCUT2D eigenvalue weighted by Gasteiger charge is 2.36. The van der Waals surface area contributed by atoms with Gasteiger partial charge in [0.25, 0.3) is 0 Å². The highest BCUT2D eigenvalue weighted by molar-refractivity contribution is 4.89. The van der Waals surface area contributed by atoms with Crippen molar-refractivity contribution in [1.82, 2.24) is 0 Å². The summed E-state index contributed by atoms with van der Waals surface area (Å²) in [7, 11) is 0. The molecular weight excluding hydrogens is 162 g/mol. The van der Waals surface area contributed by atoms with Crippen molar-refractivity contribution in [1.29, 1.82) is 0 Å². The standard InChI is InChI=1S/C11H23NO/c1-10(2,3)9-4-6-11(13,8-12)7-5-9/h9,13H,4-8,12H2,1-3H3. The molecule has 3 N–H and O–H groups in total. The van der Waals surface area contributed by atoms with Gasteiger partial charge in [0.1, 0.15) is 0 Å². The van der Waals surface area contributed by atoms with Crippen LogP contribution < -0.4 is 5.73 Å². The first-order chi connectivity index (χ1) is 5.87. The third kappa shape index (κ3) is 2.68. The monoisotopic (exact) mass is 185 g/mol. The molecule has 1 aliphatic carbocycles. The number of aliphatic hydroxyl groups is 1. The van der Waals surface area contributed by atoms with Crippen molar-refractivity contribution in [3.05, 3.63) is 0 Å². The first-order valence-corrected chi connectivity index (χ1v) is 5.30. The minimum Gasteiger partial charge on any atom is -0.389 e. The number of hydrogen-bond acceptors (Lipinski definition) is 2. The van der Waals surface area contributed by atoms with Gasteiger partial charge in [0.05, 0.1) is 5.60 Å². The van der Waals surface area contributed by atoms with Crippen LogP contribution in [0.3, 0.4) is 0 Å². The summed E-state index contributed by atoms with van der Waals surface area (Å²) in [4.78, 5) is 0. The number of rotatable bonds is 1. The molecule has 1 aliphatic rings. The number of nitrogens with two attached hydrogens (primary N) is 1. The lowest BCUT2D eigenvalue weighted by Crippen LogP contribution is -2.43. The van der Waals surface area contributed by atoms with Crippen LogP contribution in [0.1, 0.15) is 46.5 Å². The summed E-state index contributed by atoms with van der Waals surface area (Å²) in [5.74, 6) is 0.749. The minimum atomic E-state index is -0.554. The van der Waals surface area contributed by atoms with Crippen LogP contribution in [0.4, 0.5) is 0 Å². The number of hydrogen-bond donors (Lipinski definition) is 2. The van der Waals surface area contributed by atoms with Crippen LogP contribution in [0, 0.1) is 11.3 Å². The maximum atomic E-state index is 9.94. The molecule has 0 saturated heterocycles.